The molecule has 3 nitrogen and oxygen atoms in total. The fourth-order valence-electron chi connectivity index (χ4n) is 0.761. The van der Waals surface area contributed by atoms with E-state index in [1.165, 1.54) is 4.90 Å². The van der Waals surface area contributed by atoms with Gasteiger partial charge in [-0.2, -0.15) is 5.26 Å². The first-order chi connectivity index (χ1) is 4.10. The van der Waals surface area contributed by atoms with Gasteiger partial charge in [-0.25, -0.2) is 0 Å². The molecule has 0 saturated carbocycles. The molecule has 1 heterocycles. The molecule has 0 radical (unpaired) electrons. The Balaban J connectivity index is 2.73. The molecule has 0 N–H and O–H groups in total. The van der Waals surface area contributed by atoms with Crippen molar-refractivity contribution in [2.75, 3.05) is 13.6 Å². The molecule has 9 heavy (non-hydrogen) atoms. The Bertz CT molecular complexity index is 198. The number of alkyl halides is 1. The lowest BCUT2D eigenvalue weighted by molar-refractivity contribution is -0.140. The molecular formula is C5H5ClN2O. The second kappa shape index (κ2) is 1.61. The van der Waals surface area contributed by atoms with E-state index in [0.29, 0.717) is 6.54 Å². The standard InChI is InChI=1S/C5H5ClN2O/c1-8-3-5(6,2-7)4(8)9/h3H2,1H3. The summed E-state index contributed by atoms with van der Waals surface area (Å²) in [4.78, 5) is 10.9. The van der Waals surface area contributed by atoms with E-state index in [9.17, 15) is 4.79 Å². The van der Waals surface area contributed by atoms with Crippen LogP contribution in [0.2, 0.25) is 0 Å². The molecule has 0 aromatic rings. The van der Waals surface area contributed by atoms with Crippen molar-refractivity contribution in [3.63, 3.8) is 0 Å². The Kier molecular flexibility index (Phi) is 1.14. The fourth-order valence-corrected chi connectivity index (χ4v) is 1.08. The SMILES string of the molecule is CN1CC(Cl)(C#N)C1=O. The lowest BCUT2D eigenvalue weighted by Crippen LogP contribution is -2.60. The van der Waals surface area contributed by atoms with Crippen LogP contribution in [0.5, 0.6) is 0 Å². The smallest absolute Gasteiger partial charge is 0.260 e. The number of β-lactam (4-membered cyclic amide) rings is 1. The predicted molar refractivity (Wildman–Crippen MR) is 31.8 cm³/mol. The van der Waals surface area contributed by atoms with Gasteiger partial charge in [-0.15, -0.1) is 0 Å². The molecule has 1 fully saturated rings. The average Bonchev–Trinajstić information content (AvgIpc) is 1.87. The molecule has 4 heteroatoms. The van der Waals surface area contributed by atoms with E-state index in [1.807, 2.05) is 0 Å². The Hall–Kier alpha value is -0.750. The molecule has 1 aliphatic heterocycles. The minimum absolute atomic E-state index is 0.299. The van der Waals surface area contributed by atoms with E-state index < -0.39 is 4.87 Å². The van der Waals surface area contributed by atoms with Crippen LogP contribution in [0.1, 0.15) is 0 Å². The summed E-state index contributed by atoms with van der Waals surface area (Å²) in [5, 5.41) is 8.30. The average molecular weight is 145 g/mol. The van der Waals surface area contributed by atoms with E-state index >= 15 is 0 Å². The first-order valence-corrected chi connectivity index (χ1v) is 2.84. The van der Waals surface area contributed by atoms with Crippen LogP contribution in [0.25, 0.3) is 0 Å². The van der Waals surface area contributed by atoms with Gasteiger partial charge in [-0.05, 0) is 0 Å². The van der Waals surface area contributed by atoms with E-state index in [-0.39, 0.29) is 5.91 Å². The van der Waals surface area contributed by atoms with E-state index in [4.69, 9.17) is 16.9 Å². The first kappa shape index (κ1) is 6.37. The zero-order valence-electron chi connectivity index (χ0n) is 4.89. The number of carbonyl (C=O) groups is 1. The summed E-state index contributed by atoms with van der Waals surface area (Å²) in [6, 6.07) is 1.73. The normalized spacial score (nSPS) is 33.4. The van der Waals surface area contributed by atoms with Gasteiger partial charge >= 0.3 is 0 Å². The molecular weight excluding hydrogens is 140 g/mol. The van der Waals surface area contributed by atoms with Crippen molar-refractivity contribution >= 4 is 17.5 Å². The zero-order valence-corrected chi connectivity index (χ0v) is 5.64. The zero-order chi connectivity index (χ0) is 7.07. The number of amides is 1. The van der Waals surface area contributed by atoms with Crippen LogP contribution in [0, 0.1) is 11.3 Å². The highest BCUT2D eigenvalue weighted by Crippen LogP contribution is 2.26. The summed E-state index contributed by atoms with van der Waals surface area (Å²) in [6.45, 7) is 0.337. The summed E-state index contributed by atoms with van der Waals surface area (Å²) in [7, 11) is 1.61. The molecule has 1 atom stereocenters. The molecule has 0 aromatic carbocycles. The van der Waals surface area contributed by atoms with Crippen molar-refractivity contribution < 1.29 is 4.79 Å². The maximum atomic E-state index is 10.7. The van der Waals surface area contributed by atoms with Crippen LogP contribution in [0.15, 0.2) is 0 Å². The summed E-state index contributed by atoms with van der Waals surface area (Å²) < 4.78 is 0. The Morgan fingerprint density at radius 3 is 2.67 bits per heavy atom. The quantitative estimate of drug-likeness (QED) is 0.354. The number of likely N-dealkylation sites (tertiary alicyclic amines) is 1. The van der Waals surface area contributed by atoms with Crippen LogP contribution in [0.4, 0.5) is 0 Å². The second-order valence-corrected chi connectivity index (χ2v) is 2.72. The highest BCUT2D eigenvalue weighted by atomic mass is 35.5. The number of nitrogens with zero attached hydrogens (tertiary/aromatic N) is 2. The monoisotopic (exact) mass is 144 g/mol. The predicted octanol–water partition coefficient (Wildman–Crippen LogP) is -0.0404. The van der Waals surface area contributed by atoms with Crippen LogP contribution >= 0.6 is 11.6 Å². The van der Waals surface area contributed by atoms with Gasteiger partial charge in [0, 0.05) is 7.05 Å². The summed E-state index contributed by atoms with van der Waals surface area (Å²) in [6.07, 6.45) is 0. The summed E-state index contributed by atoms with van der Waals surface area (Å²) in [5.74, 6) is -0.299. The minimum atomic E-state index is -1.24. The topological polar surface area (TPSA) is 44.1 Å². The highest BCUT2D eigenvalue weighted by Gasteiger charge is 2.49. The molecule has 0 aromatic heterocycles. The van der Waals surface area contributed by atoms with Crippen molar-refractivity contribution in [2.45, 2.75) is 4.87 Å². The first-order valence-electron chi connectivity index (χ1n) is 2.46. The van der Waals surface area contributed by atoms with Crippen molar-refractivity contribution in [2.24, 2.45) is 0 Å². The molecule has 1 unspecified atom stereocenters. The van der Waals surface area contributed by atoms with Gasteiger partial charge in [0.1, 0.15) is 0 Å². The van der Waals surface area contributed by atoms with E-state index in [2.05, 4.69) is 0 Å². The van der Waals surface area contributed by atoms with Gasteiger partial charge in [0.05, 0.1) is 12.6 Å². The summed E-state index contributed by atoms with van der Waals surface area (Å²) >= 11 is 5.48. The van der Waals surface area contributed by atoms with Crippen LogP contribution < -0.4 is 0 Å². The lowest BCUT2D eigenvalue weighted by Gasteiger charge is -2.37. The Labute approximate surface area is 57.8 Å². The van der Waals surface area contributed by atoms with Crippen molar-refractivity contribution in [1.82, 2.24) is 4.90 Å². The van der Waals surface area contributed by atoms with Gasteiger partial charge in [0.2, 0.25) is 4.87 Å². The Morgan fingerprint density at radius 1 is 2.00 bits per heavy atom. The van der Waals surface area contributed by atoms with Gasteiger partial charge in [-0.1, -0.05) is 11.6 Å². The third-order valence-corrected chi connectivity index (χ3v) is 1.68. The number of hydrogen-bond donors (Lipinski definition) is 0. The maximum Gasteiger partial charge on any atom is 0.260 e. The second-order valence-electron chi connectivity index (χ2n) is 2.07. The van der Waals surface area contributed by atoms with Crippen molar-refractivity contribution in [3.8, 4) is 6.07 Å². The fraction of sp³-hybridized carbons (Fsp3) is 0.600. The maximum absolute atomic E-state index is 10.7. The number of nitriles is 1. The van der Waals surface area contributed by atoms with E-state index in [0.717, 1.165) is 0 Å². The van der Waals surface area contributed by atoms with Crippen molar-refractivity contribution in [1.29, 1.82) is 5.26 Å². The lowest BCUT2D eigenvalue weighted by atomic mass is 10.0. The van der Waals surface area contributed by atoms with Gasteiger partial charge in [-0.3, -0.25) is 4.79 Å². The molecule has 1 amide bonds. The van der Waals surface area contributed by atoms with Gasteiger partial charge in [0.15, 0.2) is 0 Å². The molecule has 0 bridgehead atoms. The molecule has 1 saturated heterocycles. The Morgan fingerprint density at radius 2 is 2.56 bits per heavy atom. The molecule has 0 spiro atoms. The van der Waals surface area contributed by atoms with Gasteiger partial charge in [0.25, 0.3) is 5.91 Å². The van der Waals surface area contributed by atoms with E-state index in [1.54, 1.807) is 13.1 Å². The van der Waals surface area contributed by atoms with Crippen LogP contribution in [-0.4, -0.2) is 29.3 Å². The number of halogens is 1. The summed E-state index contributed by atoms with van der Waals surface area (Å²) in [5.41, 5.74) is 0. The molecule has 1 aliphatic rings. The number of hydrogen-bond acceptors (Lipinski definition) is 2. The van der Waals surface area contributed by atoms with Crippen LogP contribution in [0.3, 0.4) is 0 Å². The molecule has 0 aliphatic carbocycles. The van der Waals surface area contributed by atoms with Gasteiger partial charge < -0.3 is 4.90 Å². The minimum Gasteiger partial charge on any atom is -0.340 e. The molecule has 48 valence electrons. The number of carbonyl (C=O) groups excluding carboxylic acids is 1. The van der Waals surface area contributed by atoms with Crippen LogP contribution in [-0.2, 0) is 4.79 Å². The molecule has 1 rings (SSSR count). The third-order valence-electron chi connectivity index (χ3n) is 1.32. The highest BCUT2D eigenvalue weighted by molar-refractivity contribution is 6.39. The van der Waals surface area contributed by atoms with Crippen molar-refractivity contribution in [3.05, 3.63) is 0 Å². The third kappa shape index (κ3) is 0.672. The number of rotatable bonds is 0. The largest absolute Gasteiger partial charge is 0.340 e.